The van der Waals surface area contributed by atoms with Crippen molar-refractivity contribution in [1.82, 2.24) is 9.97 Å². The molecule has 1 aromatic carbocycles. The normalized spacial score (nSPS) is 10.1. The van der Waals surface area contributed by atoms with Gasteiger partial charge < -0.3 is 4.98 Å². The minimum atomic E-state index is -0.578. The van der Waals surface area contributed by atoms with Gasteiger partial charge in [-0.2, -0.15) is 0 Å². The van der Waals surface area contributed by atoms with Crippen molar-refractivity contribution in [3.8, 4) is 0 Å². The van der Waals surface area contributed by atoms with Crippen molar-refractivity contribution in [1.29, 1.82) is 0 Å². The van der Waals surface area contributed by atoms with Gasteiger partial charge in [0.15, 0.2) is 5.78 Å². The standard InChI is InChI=1S/C12H10N2O3/c15-10(8-4-2-1-3-5-8)6-9-7-13-12(17)14-11(9)16/h1-5,7H,6H2,(H2,13,14,16,17). The van der Waals surface area contributed by atoms with E-state index in [1.165, 1.54) is 6.20 Å². The Morgan fingerprint density at radius 2 is 1.82 bits per heavy atom. The molecule has 0 saturated heterocycles. The van der Waals surface area contributed by atoms with Crippen LogP contribution in [-0.2, 0) is 6.42 Å². The number of aromatic nitrogens is 2. The number of aromatic amines is 2. The van der Waals surface area contributed by atoms with Gasteiger partial charge >= 0.3 is 5.69 Å². The molecule has 0 aliphatic rings. The van der Waals surface area contributed by atoms with Gasteiger partial charge in [0.1, 0.15) is 0 Å². The predicted octanol–water partition coefficient (Wildman–Crippen LogP) is 0.489. The van der Waals surface area contributed by atoms with Crippen LogP contribution in [0.3, 0.4) is 0 Å². The summed E-state index contributed by atoms with van der Waals surface area (Å²) in [7, 11) is 0. The molecule has 5 heteroatoms. The van der Waals surface area contributed by atoms with Crippen LogP contribution in [0.2, 0.25) is 0 Å². The van der Waals surface area contributed by atoms with Gasteiger partial charge in [0.05, 0.1) is 0 Å². The molecule has 86 valence electrons. The fraction of sp³-hybridized carbons (Fsp3) is 0.0833. The highest BCUT2D eigenvalue weighted by Crippen LogP contribution is 2.03. The summed E-state index contributed by atoms with van der Waals surface area (Å²) in [5, 5.41) is 0. The maximum Gasteiger partial charge on any atom is 0.325 e. The first-order valence-corrected chi connectivity index (χ1v) is 5.06. The van der Waals surface area contributed by atoms with Crippen molar-refractivity contribution < 1.29 is 4.79 Å². The molecule has 0 atom stereocenters. The molecule has 0 spiro atoms. The lowest BCUT2D eigenvalue weighted by Crippen LogP contribution is -2.25. The van der Waals surface area contributed by atoms with Crippen LogP contribution in [0, 0.1) is 0 Å². The number of benzene rings is 1. The zero-order chi connectivity index (χ0) is 12.3. The van der Waals surface area contributed by atoms with Crippen molar-refractivity contribution in [3.05, 3.63) is 68.5 Å². The zero-order valence-electron chi connectivity index (χ0n) is 8.90. The molecular formula is C12H10N2O3. The number of ketones is 1. The first kappa shape index (κ1) is 11.1. The van der Waals surface area contributed by atoms with Crippen LogP contribution in [0.25, 0.3) is 0 Å². The number of Topliss-reactive ketones (excluding diaryl/α,β-unsaturated/α-hetero) is 1. The fourth-order valence-electron chi connectivity index (χ4n) is 1.47. The molecule has 0 radical (unpaired) electrons. The second-order valence-corrected chi connectivity index (χ2v) is 3.56. The van der Waals surface area contributed by atoms with E-state index in [0.717, 1.165) is 0 Å². The highest BCUT2D eigenvalue weighted by atomic mass is 16.2. The Kier molecular flexibility index (Phi) is 3.00. The third-order valence-corrected chi connectivity index (χ3v) is 2.34. The van der Waals surface area contributed by atoms with Gasteiger partial charge in [-0.15, -0.1) is 0 Å². The Morgan fingerprint density at radius 3 is 2.47 bits per heavy atom. The van der Waals surface area contributed by atoms with E-state index >= 15 is 0 Å². The van der Waals surface area contributed by atoms with Crippen LogP contribution >= 0.6 is 0 Å². The molecule has 2 N–H and O–H groups in total. The molecule has 0 saturated carbocycles. The highest BCUT2D eigenvalue weighted by Gasteiger charge is 2.09. The van der Waals surface area contributed by atoms with E-state index in [4.69, 9.17) is 0 Å². The van der Waals surface area contributed by atoms with Gasteiger partial charge in [-0.3, -0.25) is 14.6 Å². The Balaban J connectivity index is 2.25. The van der Waals surface area contributed by atoms with Gasteiger partial charge in [0.2, 0.25) is 0 Å². The Labute approximate surface area is 96.1 Å². The van der Waals surface area contributed by atoms with Gasteiger partial charge in [0, 0.05) is 23.7 Å². The van der Waals surface area contributed by atoms with Crippen LogP contribution in [0.15, 0.2) is 46.1 Å². The maximum absolute atomic E-state index is 11.8. The second kappa shape index (κ2) is 4.61. The zero-order valence-corrected chi connectivity index (χ0v) is 8.90. The lowest BCUT2D eigenvalue weighted by molar-refractivity contribution is 0.0992. The average molecular weight is 230 g/mol. The van der Waals surface area contributed by atoms with E-state index in [0.29, 0.717) is 5.56 Å². The summed E-state index contributed by atoms with van der Waals surface area (Å²) >= 11 is 0. The number of carbonyl (C=O) groups excluding carboxylic acids is 1. The van der Waals surface area contributed by atoms with Crippen molar-refractivity contribution in [3.63, 3.8) is 0 Å². The van der Waals surface area contributed by atoms with Crippen molar-refractivity contribution in [2.75, 3.05) is 0 Å². The summed E-state index contributed by atoms with van der Waals surface area (Å²) in [6.07, 6.45) is 1.23. The summed E-state index contributed by atoms with van der Waals surface area (Å²) < 4.78 is 0. The summed E-state index contributed by atoms with van der Waals surface area (Å²) in [5.41, 5.74) is -0.319. The maximum atomic E-state index is 11.8. The Hall–Kier alpha value is -2.43. The van der Waals surface area contributed by atoms with E-state index in [-0.39, 0.29) is 17.8 Å². The van der Waals surface area contributed by atoms with Crippen LogP contribution in [0.5, 0.6) is 0 Å². The van der Waals surface area contributed by atoms with Crippen LogP contribution in [0.4, 0.5) is 0 Å². The predicted molar refractivity (Wildman–Crippen MR) is 62.2 cm³/mol. The van der Waals surface area contributed by atoms with Gasteiger partial charge in [-0.05, 0) is 0 Å². The second-order valence-electron chi connectivity index (χ2n) is 3.56. The third-order valence-electron chi connectivity index (χ3n) is 2.34. The average Bonchev–Trinajstić information content (AvgIpc) is 2.34. The van der Waals surface area contributed by atoms with E-state index < -0.39 is 11.2 Å². The molecule has 0 aliphatic carbocycles. The molecule has 0 unspecified atom stereocenters. The summed E-state index contributed by atoms with van der Waals surface area (Å²) in [5.74, 6) is -0.164. The molecular weight excluding hydrogens is 220 g/mol. The first-order valence-electron chi connectivity index (χ1n) is 5.06. The molecule has 17 heavy (non-hydrogen) atoms. The number of hydrogen-bond acceptors (Lipinski definition) is 3. The van der Waals surface area contributed by atoms with Gasteiger partial charge in [-0.25, -0.2) is 4.79 Å². The third kappa shape index (κ3) is 2.57. The minimum Gasteiger partial charge on any atom is -0.314 e. The van der Waals surface area contributed by atoms with Crippen molar-refractivity contribution >= 4 is 5.78 Å². The molecule has 2 aromatic rings. The number of carbonyl (C=O) groups is 1. The fourth-order valence-corrected chi connectivity index (χ4v) is 1.47. The van der Waals surface area contributed by atoms with Crippen LogP contribution in [0.1, 0.15) is 15.9 Å². The van der Waals surface area contributed by atoms with Gasteiger partial charge in [0.25, 0.3) is 5.56 Å². The molecule has 0 aliphatic heterocycles. The van der Waals surface area contributed by atoms with Crippen molar-refractivity contribution in [2.24, 2.45) is 0 Å². The summed E-state index contributed by atoms with van der Waals surface area (Å²) in [4.78, 5) is 38.4. The number of nitrogens with one attached hydrogen (secondary N) is 2. The van der Waals surface area contributed by atoms with E-state index in [1.54, 1.807) is 24.3 Å². The molecule has 0 fully saturated rings. The van der Waals surface area contributed by atoms with Gasteiger partial charge in [-0.1, -0.05) is 30.3 Å². The van der Waals surface area contributed by atoms with E-state index in [2.05, 4.69) is 9.97 Å². The molecule has 1 heterocycles. The summed E-state index contributed by atoms with van der Waals surface area (Å²) in [6, 6.07) is 8.68. The lowest BCUT2D eigenvalue weighted by Gasteiger charge is -1.99. The van der Waals surface area contributed by atoms with Crippen LogP contribution < -0.4 is 11.2 Å². The Bertz CT molecular complexity index is 641. The first-order chi connectivity index (χ1) is 8.16. The monoisotopic (exact) mass is 230 g/mol. The largest absolute Gasteiger partial charge is 0.325 e. The Morgan fingerprint density at radius 1 is 1.12 bits per heavy atom. The van der Waals surface area contributed by atoms with E-state index in [1.807, 2.05) is 6.07 Å². The highest BCUT2D eigenvalue weighted by molar-refractivity contribution is 5.97. The molecule has 1 aromatic heterocycles. The summed E-state index contributed by atoms with van der Waals surface area (Å²) in [6.45, 7) is 0. The molecule has 0 amide bonds. The SMILES string of the molecule is O=C(Cc1c[nH]c(=O)[nH]c1=O)c1ccccc1. The minimum absolute atomic E-state index is 0.0316. The number of hydrogen-bond donors (Lipinski definition) is 2. The number of rotatable bonds is 3. The quantitative estimate of drug-likeness (QED) is 0.753. The van der Waals surface area contributed by atoms with Crippen LogP contribution in [-0.4, -0.2) is 15.8 Å². The molecule has 5 nitrogen and oxygen atoms in total. The molecule has 2 rings (SSSR count). The lowest BCUT2D eigenvalue weighted by atomic mass is 10.1. The topological polar surface area (TPSA) is 82.8 Å². The number of H-pyrrole nitrogens is 2. The van der Waals surface area contributed by atoms with E-state index in [9.17, 15) is 14.4 Å². The molecule has 0 bridgehead atoms. The van der Waals surface area contributed by atoms with Crippen molar-refractivity contribution in [2.45, 2.75) is 6.42 Å². The smallest absolute Gasteiger partial charge is 0.314 e.